The third kappa shape index (κ3) is 68.5. The van der Waals surface area contributed by atoms with Gasteiger partial charge in [0.1, 0.15) is 13.2 Å². The molecular weight excluding hydrogens is 1020 g/mol. The van der Waals surface area contributed by atoms with Crippen LogP contribution in [-0.4, -0.2) is 37.2 Å². The fourth-order valence-electron chi connectivity index (χ4n) is 9.77. The predicted octanol–water partition coefficient (Wildman–Crippen LogP) is 24.3. The Kier molecular flexibility index (Phi) is 66.7. The van der Waals surface area contributed by atoms with Crippen LogP contribution < -0.4 is 0 Å². The van der Waals surface area contributed by atoms with Gasteiger partial charge in [0, 0.05) is 19.3 Å². The van der Waals surface area contributed by atoms with Crippen molar-refractivity contribution in [2.75, 3.05) is 13.2 Å². The van der Waals surface area contributed by atoms with E-state index in [4.69, 9.17) is 14.2 Å². The molecule has 6 nitrogen and oxygen atoms in total. The lowest BCUT2D eigenvalue weighted by molar-refractivity contribution is -0.167. The third-order valence-electron chi connectivity index (χ3n) is 15.0. The minimum absolute atomic E-state index is 0.0833. The van der Waals surface area contributed by atoms with Crippen LogP contribution in [-0.2, 0) is 28.6 Å². The summed E-state index contributed by atoms with van der Waals surface area (Å²) in [6.45, 7) is 6.52. The topological polar surface area (TPSA) is 78.9 Å². The van der Waals surface area contributed by atoms with Crippen LogP contribution in [0.4, 0.5) is 0 Å². The molecule has 1 unspecified atom stereocenters. The van der Waals surface area contributed by atoms with E-state index in [1.807, 2.05) is 0 Å². The fraction of sp³-hybridized carbons (Fsp3) is 0.701. The lowest BCUT2D eigenvalue weighted by Crippen LogP contribution is -2.30. The monoisotopic (exact) mass is 1150 g/mol. The van der Waals surface area contributed by atoms with Crippen LogP contribution in [0, 0.1) is 0 Å². The van der Waals surface area contributed by atoms with Crippen molar-refractivity contribution in [1.29, 1.82) is 0 Å². The summed E-state index contributed by atoms with van der Waals surface area (Å²) in [5, 5.41) is 0. The predicted molar refractivity (Wildman–Crippen MR) is 362 cm³/mol. The van der Waals surface area contributed by atoms with Gasteiger partial charge in [-0.15, -0.1) is 0 Å². The summed E-state index contributed by atoms with van der Waals surface area (Å²) in [4.78, 5) is 38.3. The standard InChI is InChI=1S/C77H130O6/c1-4-7-10-13-16-19-21-23-25-27-29-31-32-33-34-35-36-37-38-39-40-41-42-43-44-46-47-49-51-53-55-58-61-64-67-70-76(79)82-73-74(72-81-75(78)69-66-63-60-57-18-15-12-9-6-3)83-77(80)71-68-65-62-59-56-54-52-50-48-45-30-28-26-24-22-20-17-14-11-8-5-2/h7,10,16,19,23,25,29,31,33-34,36-37,39-40,42-43,46-47,51,53,74H,4-6,8-9,11-15,17-18,20-22,24,26-28,30,32,35,38,41,44-45,48-50,52,54-73H2,1-3H3/b10-7-,19-16-,25-23-,31-29-,34-33-,37-36-,40-39-,43-42-,47-46-,53-51-. The van der Waals surface area contributed by atoms with Crippen molar-refractivity contribution in [2.45, 2.75) is 335 Å². The molecule has 0 rings (SSSR count). The summed E-state index contributed by atoms with van der Waals surface area (Å²) in [5.74, 6) is -0.900. The fourth-order valence-corrected chi connectivity index (χ4v) is 9.77. The smallest absolute Gasteiger partial charge is 0.306 e. The molecule has 6 heteroatoms. The van der Waals surface area contributed by atoms with E-state index in [1.165, 1.54) is 154 Å². The second-order valence-corrected chi connectivity index (χ2v) is 23.1. The molecule has 0 aromatic heterocycles. The van der Waals surface area contributed by atoms with Crippen molar-refractivity contribution in [3.8, 4) is 0 Å². The molecule has 0 aliphatic carbocycles. The maximum absolute atomic E-state index is 12.9. The molecular formula is C77H130O6. The number of allylic oxidation sites excluding steroid dienone is 20. The van der Waals surface area contributed by atoms with Gasteiger partial charge < -0.3 is 14.2 Å². The Morgan fingerprint density at radius 1 is 0.253 bits per heavy atom. The number of carbonyl (C=O) groups excluding carboxylic acids is 3. The van der Waals surface area contributed by atoms with Crippen molar-refractivity contribution in [1.82, 2.24) is 0 Å². The summed E-state index contributed by atoms with van der Waals surface area (Å²) in [6.07, 6.45) is 98.1. The Morgan fingerprint density at radius 2 is 0.470 bits per heavy atom. The van der Waals surface area contributed by atoms with Crippen molar-refractivity contribution in [3.63, 3.8) is 0 Å². The van der Waals surface area contributed by atoms with Gasteiger partial charge in [-0.05, 0) is 96.3 Å². The van der Waals surface area contributed by atoms with Gasteiger partial charge >= 0.3 is 17.9 Å². The first-order valence-corrected chi connectivity index (χ1v) is 35.0. The van der Waals surface area contributed by atoms with Crippen LogP contribution in [0.25, 0.3) is 0 Å². The lowest BCUT2D eigenvalue weighted by atomic mass is 10.0. The summed E-state index contributed by atoms with van der Waals surface area (Å²) in [7, 11) is 0. The summed E-state index contributed by atoms with van der Waals surface area (Å²) < 4.78 is 16.9. The van der Waals surface area contributed by atoms with E-state index in [9.17, 15) is 14.4 Å². The average molecular weight is 1150 g/mol. The lowest BCUT2D eigenvalue weighted by Gasteiger charge is -2.18. The van der Waals surface area contributed by atoms with Crippen molar-refractivity contribution < 1.29 is 28.6 Å². The normalized spacial score (nSPS) is 12.9. The van der Waals surface area contributed by atoms with Crippen LogP contribution in [0.1, 0.15) is 329 Å². The third-order valence-corrected chi connectivity index (χ3v) is 15.0. The van der Waals surface area contributed by atoms with Crippen LogP contribution in [0.15, 0.2) is 122 Å². The number of carbonyl (C=O) groups is 3. The number of hydrogen-bond donors (Lipinski definition) is 0. The maximum atomic E-state index is 12.9. The second kappa shape index (κ2) is 70.3. The molecule has 0 radical (unpaired) electrons. The molecule has 0 saturated carbocycles. The largest absolute Gasteiger partial charge is 0.462 e. The van der Waals surface area contributed by atoms with Crippen molar-refractivity contribution in [2.24, 2.45) is 0 Å². The van der Waals surface area contributed by atoms with Gasteiger partial charge in [-0.3, -0.25) is 14.4 Å². The molecule has 0 aliphatic rings. The molecule has 0 amide bonds. The Hall–Kier alpha value is -4.19. The van der Waals surface area contributed by atoms with E-state index in [0.717, 1.165) is 135 Å². The van der Waals surface area contributed by atoms with Gasteiger partial charge in [0.05, 0.1) is 0 Å². The van der Waals surface area contributed by atoms with Gasteiger partial charge in [0.2, 0.25) is 0 Å². The van der Waals surface area contributed by atoms with E-state index in [2.05, 4.69) is 142 Å². The minimum atomic E-state index is -0.787. The van der Waals surface area contributed by atoms with Gasteiger partial charge in [0.25, 0.3) is 0 Å². The number of unbranched alkanes of at least 4 members (excludes halogenated alkanes) is 32. The second-order valence-electron chi connectivity index (χ2n) is 23.1. The zero-order chi connectivity index (χ0) is 59.9. The molecule has 0 aromatic carbocycles. The maximum Gasteiger partial charge on any atom is 0.306 e. The molecule has 0 saturated heterocycles. The zero-order valence-corrected chi connectivity index (χ0v) is 54.4. The molecule has 0 N–H and O–H groups in total. The molecule has 0 fully saturated rings. The molecule has 0 bridgehead atoms. The minimum Gasteiger partial charge on any atom is -0.462 e. The van der Waals surface area contributed by atoms with E-state index in [-0.39, 0.29) is 31.1 Å². The highest BCUT2D eigenvalue weighted by Crippen LogP contribution is 2.17. The summed E-state index contributed by atoms with van der Waals surface area (Å²) >= 11 is 0. The molecule has 0 heterocycles. The van der Waals surface area contributed by atoms with Gasteiger partial charge in [-0.25, -0.2) is 0 Å². The van der Waals surface area contributed by atoms with Crippen LogP contribution >= 0.6 is 0 Å². The number of ether oxygens (including phenoxy) is 3. The molecule has 0 aliphatic heterocycles. The van der Waals surface area contributed by atoms with Crippen LogP contribution in [0.5, 0.6) is 0 Å². The first-order chi connectivity index (χ1) is 41.0. The van der Waals surface area contributed by atoms with Gasteiger partial charge in [0.15, 0.2) is 6.10 Å². The number of hydrogen-bond acceptors (Lipinski definition) is 6. The van der Waals surface area contributed by atoms with Gasteiger partial charge in [-0.1, -0.05) is 335 Å². The zero-order valence-electron chi connectivity index (χ0n) is 54.4. The SMILES string of the molecule is CC/C=C\C/C=C\C/C=C\C/C=C\C/C=C\C/C=C\C/C=C\C/C=C\C/C=C\C/C=C\CCCCCCC(=O)OCC(COC(=O)CCCCCCCCCCC)OC(=O)CCCCCCCCCCCCCCCCCCCCCCC. The Balaban J connectivity index is 4.23. The molecule has 474 valence electrons. The highest BCUT2D eigenvalue weighted by atomic mass is 16.6. The molecule has 0 aromatic rings. The van der Waals surface area contributed by atoms with Crippen molar-refractivity contribution in [3.05, 3.63) is 122 Å². The summed E-state index contributed by atoms with van der Waals surface area (Å²) in [6, 6.07) is 0. The highest BCUT2D eigenvalue weighted by Gasteiger charge is 2.19. The Bertz CT molecular complexity index is 1700. The Labute approximate surface area is 513 Å². The van der Waals surface area contributed by atoms with E-state index in [1.54, 1.807) is 0 Å². The van der Waals surface area contributed by atoms with Crippen molar-refractivity contribution >= 4 is 17.9 Å². The molecule has 1 atom stereocenters. The molecule has 83 heavy (non-hydrogen) atoms. The summed E-state index contributed by atoms with van der Waals surface area (Å²) in [5.41, 5.74) is 0. The highest BCUT2D eigenvalue weighted by molar-refractivity contribution is 5.71. The van der Waals surface area contributed by atoms with Crippen LogP contribution in [0.2, 0.25) is 0 Å². The van der Waals surface area contributed by atoms with E-state index in [0.29, 0.717) is 19.3 Å². The van der Waals surface area contributed by atoms with E-state index < -0.39 is 6.10 Å². The average Bonchev–Trinajstić information content (AvgIpc) is 3.49. The first-order valence-electron chi connectivity index (χ1n) is 35.0. The molecule has 0 spiro atoms. The van der Waals surface area contributed by atoms with Gasteiger partial charge in [-0.2, -0.15) is 0 Å². The number of esters is 3. The number of rotatable bonds is 63. The Morgan fingerprint density at radius 3 is 0.735 bits per heavy atom. The first kappa shape index (κ1) is 78.8. The van der Waals surface area contributed by atoms with Crippen LogP contribution in [0.3, 0.4) is 0 Å². The quantitative estimate of drug-likeness (QED) is 0.0261. The van der Waals surface area contributed by atoms with E-state index >= 15 is 0 Å².